The molecule has 0 radical (unpaired) electrons. The Morgan fingerprint density at radius 2 is 2.04 bits per heavy atom. The summed E-state index contributed by atoms with van der Waals surface area (Å²) < 4.78 is 1.80. The first-order valence-corrected chi connectivity index (χ1v) is 8.68. The third kappa shape index (κ3) is 3.66. The molecule has 1 heterocycles. The van der Waals surface area contributed by atoms with Gasteiger partial charge in [-0.3, -0.25) is 4.57 Å². The Morgan fingerprint density at radius 1 is 1.17 bits per heavy atom. The summed E-state index contributed by atoms with van der Waals surface area (Å²) in [6, 6.07) is 17.6. The molecule has 0 fully saturated rings. The molecule has 3 rings (SSSR count). The van der Waals surface area contributed by atoms with Gasteiger partial charge in [-0.2, -0.15) is 17.0 Å². The maximum Gasteiger partial charge on any atom is 0.326 e. The second kappa shape index (κ2) is 7.21. The van der Waals surface area contributed by atoms with Crippen molar-refractivity contribution < 1.29 is 0 Å². The van der Waals surface area contributed by atoms with Crippen molar-refractivity contribution in [2.75, 3.05) is 5.75 Å². The molecule has 0 bridgehead atoms. The Balaban J connectivity index is 1.52. The highest BCUT2D eigenvalue weighted by Crippen LogP contribution is 2.15. The van der Waals surface area contributed by atoms with Crippen molar-refractivity contribution in [3.05, 3.63) is 70.1 Å². The van der Waals surface area contributed by atoms with Crippen molar-refractivity contribution in [1.29, 1.82) is 5.26 Å². The zero-order valence-corrected chi connectivity index (χ0v) is 13.5. The number of para-hydroxylation sites is 2. The smallest absolute Gasteiger partial charge is 0.306 e. The van der Waals surface area contributed by atoms with Crippen LogP contribution >= 0.6 is 11.8 Å². The van der Waals surface area contributed by atoms with Crippen LogP contribution in [0.5, 0.6) is 0 Å². The summed E-state index contributed by atoms with van der Waals surface area (Å²) in [5.41, 5.74) is 3.67. The van der Waals surface area contributed by atoms with E-state index in [0.717, 1.165) is 29.0 Å². The van der Waals surface area contributed by atoms with Crippen LogP contribution in [-0.2, 0) is 12.3 Å². The highest BCUT2D eigenvalue weighted by atomic mass is 32.2. The van der Waals surface area contributed by atoms with E-state index in [1.165, 1.54) is 5.56 Å². The van der Waals surface area contributed by atoms with E-state index in [1.54, 1.807) is 4.57 Å². The first-order chi connectivity index (χ1) is 11.3. The molecule has 3 aromatic rings. The molecule has 1 aromatic heterocycles. The summed E-state index contributed by atoms with van der Waals surface area (Å²) in [4.78, 5) is 14.8. The van der Waals surface area contributed by atoms with Gasteiger partial charge in [-0.1, -0.05) is 24.3 Å². The molecule has 0 unspecified atom stereocenters. The largest absolute Gasteiger partial charge is 0.326 e. The lowest BCUT2D eigenvalue weighted by molar-refractivity contribution is 0.679. The number of hydrogen-bond acceptors (Lipinski definition) is 3. The van der Waals surface area contributed by atoms with Crippen LogP contribution < -0.4 is 5.69 Å². The second-order valence-corrected chi connectivity index (χ2v) is 6.42. The van der Waals surface area contributed by atoms with Crippen LogP contribution in [0.15, 0.2) is 53.3 Å². The van der Waals surface area contributed by atoms with Gasteiger partial charge in [-0.05, 0) is 42.0 Å². The van der Waals surface area contributed by atoms with Crippen molar-refractivity contribution in [3.63, 3.8) is 0 Å². The summed E-state index contributed by atoms with van der Waals surface area (Å²) in [7, 11) is 0. The summed E-state index contributed by atoms with van der Waals surface area (Å²) in [6.45, 7) is 0.716. The van der Waals surface area contributed by atoms with Crippen molar-refractivity contribution in [3.8, 4) is 6.07 Å². The van der Waals surface area contributed by atoms with E-state index in [9.17, 15) is 4.79 Å². The zero-order valence-electron chi connectivity index (χ0n) is 12.7. The zero-order chi connectivity index (χ0) is 16.1. The molecular weight excluding hydrogens is 306 g/mol. The van der Waals surface area contributed by atoms with Crippen molar-refractivity contribution in [2.45, 2.75) is 18.7 Å². The van der Waals surface area contributed by atoms with Crippen LogP contribution in [0.2, 0.25) is 0 Å². The van der Waals surface area contributed by atoms with Crippen LogP contribution in [0, 0.1) is 11.3 Å². The summed E-state index contributed by atoms with van der Waals surface area (Å²) in [6.07, 6.45) is 0.935. The molecule has 116 valence electrons. The molecule has 0 saturated heterocycles. The number of aryl methyl sites for hydroxylation is 1. The van der Waals surface area contributed by atoms with Gasteiger partial charge in [0.05, 0.1) is 22.7 Å². The highest BCUT2D eigenvalue weighted by Gasteiger charge is 2.05. The highest BCUT2D eigenvalue weighted by molar-refractivity contribution is 7.98. The minimum atomic E-state index is -0.0436. The van der Waals surface area contributed by atoms with Gasteiger partial charge in [0.2, 0.25) is 0 Å². The number of hydrogen-bond donors (Lipinski definition) is 1. The van der Waals surface area contributed by atoms with E-state index in [2.05, 4.69) is 11.1 Å². The molecular formula is C18H17N3OS. The number of aromatic amines is 1. The standard InChI is InChI=1S/C18H17N3OS/c19-12-14-5-3-6-15(11-14)13-23-10-4-9-21-17-8-2-1-7-16(17)20-18(21)22/h1-3,5-8,11H,4,9-10,13H2,(H,20,22). The fourth-order valence-electron chi connectivity index (χ4n) is 2.57. The van der Waals surface area contributed by atoms with Crippen LogP contribution in [-0.4, -0.2) is 15.3 Å². The second-order valence-electron chi connectivity index (χ2n) is 5.32. The van der Waals surface area contributed by atoms with E-state index in [-0.39, 0.29) is 5.69 Å². The van der Waals surface area contributed by atoms with Gasteiger partial charge >= 0.3 is 5.69 Å². The average Bonchev–Trinajstić information content (AvgIpc) is 2.90. The van der Waals surface area contributed by atoms with Crippen LogP contribution in [0.1, 0.15) is 17.5 Å². The van der Waals surface area contributed by atoms with Gasteiger partial charge in [0, 0.05) is 12.3 Å². The third-order valence-electron chi connectivity index (χ3n) is 3.68. The molecule has 0 aliphatic rings. The number of nitrogens with zero attached hydrogens (tertiary/aromatic N) is 2. The number of imidazole rings is 1. The maximum absolute atomic E-state index is 12.0. The minimum absolute atomic E-state index is 0.0436. The van der Waals surface area contributed by atoms with E-state index < -0.39 is 0 Å². The van der Waals surface area contributed by atoms with Gasteiger partial charge in [0.25, 0.3) is 0 Å². The Labute approximate surface area is 138 Å². The molecule has 5 heteroatoms. The molecule has 0 spiro atoms. The van der Waals surface area contributed by atoms with E-state index >= 15 is 0 Å². The quantitative estimate of drug-likeness (QED) is 0.706. The molecule has 0 aliphatic carbocycles. The van der Waals surface area contributed by atoms with Crippen molar-refractivity contribution in [2.24, 2.45) is 0 Å². The molecule has 1 N–H and O–H groups in total. The maximum atomic E-state index is 12.0. The Kier molecular flexibility index (Phi) is 4.84. The van der Waals surface area contributed by atoms with Crippen LogP contribution in [0.25, 0.3) is 11.0 Å². The van der Waals surface area contributed by atoms with Crippen molar-refractivity contribution >= 4 is 22.8 Å². The van der Waals surface area contributed by atoms with E-state index in [1.807, 2.05) is 60.3 Å². The van der Waals surface area contributed by atoms with Crippen molar-refractivity contribution in [1.82, 2.24) is 9.55 Å². The number of H-pyrrole nitrogens is 1. The average molecular weight is 323 g/mol. The molecule has 4 nitrogen and oxygen atoms in total. The van der Waals surface area contributed by atoms with Crippen LogP contribution in [0.3, 0.4) is 0 Å². The number of benzene rings is 2. The van der Waals surface area contributed by atoms with Gasteiger partial charge in [-0.15, -0.1) is 0 Å². The number of aromatic nitrogens is 2. The summed E-state index contributed by atoms with van der Waals surface area (Å²) in [5, 5.41) is 8.90. The fraction of sp³-hybridized carbons (Fsp3) is 0.222. The van der Waals surface area contributed by atoms with E-state index in [4.69, 9.17) is 5.26 Å². The Bertz CT molecular complexity index is 904. The number of fused-ring (bicyclic) bond motifs is 1. The topological polar surface area (TPSA) is 61.6 Å². The molecule has 23 heavy (non-hydrogen) atoms. The molecule has 0 atom stereocenters. The summed E-state index contributed by atoms with van der Waals surface area (Å²) >= 11 is 1.82. The van der Waals surface area contributed by atoms with Crippen LogP contribution in [0.4, 0.5) is 0 Å². The van der Waals surface area contributed by atoms with Gasteiger partial charge in [0.1, 0.15) is 0 Å². The first kappa shape index (κ1) is 15.4. The van der Waals surface area contributed by atoms with Gasteiger partial charge in [0.15, 0.2) is 0 Å². The predicted molar refractivity (Wildman–Crippen MR) is 94.5 cm³/mol. The fourth-order valence-corrected chi connectivity index (χ4v) is 3.47. The normalized spacial score (nSPS) is 10.7. The third-order valence-corrected chi connectivity index (χ3v) is 4.79. The predicted octanol–water partition coefficient (Wildman–Crippen LogP) is 3.52. The first-order valence-electron chi connectivity index (χ1n) is 7.52. The molecule has 2 aromatic carbocycles. The number of nitriles is 1. The Hall–Kier alpha value is -2.45. The number of thioether (sulfide) groups is 1. The number of nitrogens with one attached hydrogen (secondary N) is 1. The lowest BCUT2D eigenvalue weighted by atomic mass is 10.2. The SMILES string of the molecule is N#Cc1cccc(CSCCCn2c(=O)[nH]c3ccccc32)c1. The lowest BCUT2D eigenvalue weighted by Gasteiger charge is -2.04. The molecule has 0 aliphatic heterocycles. The Morgan fingerprint density at radius 3 is 2.91 bits per heavy atom. The monoisotopic (exact) mass is 323 g/mol. The lowest BCUT2D eigenvalue weighted by Crippen LogP contribution is -2.17. The molecule has 0 saturated carbocycles. The number of rotatable bonds is 6. The summed E-state index contributed by atoms with van der Waals surface area (Å²) in [5.74, 6) is 1.86. The minimum Gasteiger partial charge on any atom is -0.306 e. The molecule has 0 amide bonds. The van der Waals surface area contributed by atoms with Gasteiger partial charge in [-0.25, -0.2) is 4.79 Å². The van der Waals surface area contributed by atoms with E-state index in [0.29, 0.717) is 12.1 Å². The van der Waals surface area contributed by atoms with Gasteiger partial charge < -0.3 is 4.98 Å².